The summed E-state index contributed by atoms with van der Waals surface area (Å²) in [5.74, 6) is 5.44. The van der Waals surface area contributed by atoms with Gasteiger partial charge in [-0.3, -0.25) is 10.1 Å². The van der Waals surface area contributed by atoms with Gasteiger partial charge in [-0.25, -0.2) is 15.8 Å². The van der Waals surface area contributed by atoms with Crippen LogP contribution in [0.3, 0.4) is 0 Å². The van der Waals surface area contributed by atoms with Crippen molar-refractivity contribution in [3.63, 3.8) is 0 Å². The van der Waals surface area contributed by atoms with Crippen LogP contribution in [0.2, 0.25) is 0 Å². The SMILES string of the molecule is CCCN(C)c1ncnc(NN)c1[N+](=O)[O-]. The summed E-state index contributed by atoms with van der Waals surface area (Å²) < 4.78 is 0. The topological polar surface area (TPSA) is 110 Å². The van der Waals surface area contributed by atoms with Gasteiger partial charge in [-0.1, -0.05) is 6.92 Å². The fourth-order valence-corrected chi connectivity index (χ4v) is 1.36. The molecule has 0 atom stereocenters. The van der Waals surface area contributed by atoms with E-state index in [1.165, 1.54) is 6.33 Å². The molecule has 1 aromatic rings. The Morgan fingerprint density at radius 2 is 2.31 bits per heavy atom. The average Bonchev–Trinajstić information content (AvgIpc) is 2.28. The van der Waals surface area contributed by atoms with Crippen LogP contribution in [0.15, 0.2) is 6.33 Å². The highest BCUT2D eigenvalue weighted by Crippen LogP contribution is 2.30. The zero-order chi connectivity index (χ0) is 12.1. The van der Waals surface area contributed by atoms with Gasteiger partial charge in [-0.05, 0) is 6.42 Å². The van der Waals surface area contributed by atoms with Gasteiger partial charge in [0.2, 0.25) is 11.6 Å². The van der Waals surface area contributed by atoms with Gasteiger partial charge in [-0.2, -0.15) is 0 Å². The first-order valence-electron chi connectivity index (χ1n) is 4.79. The number of hydrogen-bond donors (Lipinski definition) is 2. The van der Waals surface area contributed by atoms with Gasteiger partial charge in [0.15, 0.2) is 0 Å². The van der Waals surface area contributed by atoms with Crippen molar-refractivity contribution in [1.29, 1.82) is 0 Å². The smallest absolute Gasteiger partial charge is 0.354 e. The number of hydrazine groups is 1. The van der Waals surface area contributed by atoms with Gasteiger partial charge >= 0.3 is 5.69 Å². The van der Waals surface area contributed by atoms with Crippen LogP contribution >= 0.6 is 0 Å². The van der Waals surface area contributed by atoms with Gasteiger partial charge in [0.25, 0.3) is 0 Å². The quantitative estimate of drug-likeness (QED) is 0.427. The minimum absolute atomic E-state index is 0.0120. The maximum absolute atomic E-state index is 10.9. The molecule has 0 bridgehead atoms. The lowest BCUT2D eigenvalue weighted by atomic mass is 10.3. The fraction of sp³-hybridized carbons (Fsp3) is 0.500. The van der Waals surface area contributed by atoms with Gasteiger partial charge in [0.05, 0.1) is 4.92 Å². The van der Waals surface area contributed by atoms with E-state index in [9.17, 15) is 10.1 Å². The molecule has 0 amide bonds. The Labute approximate surface area is 92.6 Å². The Balaban J connectivity index is 3.21. The molecule has 3 N–H and O–H groups in total. The molecule has 0 aliphatic rings. The van der Waals surface area contributed by atoms with Crippen LogP contribution in [0.5, 0.6) is 0 Å². The molecule has 0 aliphatic carbocycles. The molecule has 0 fully saturated rings. The van der Waals surface area contributed by atoms with Gasteiger partial charge < -0.3 is 10.3 Å². The van der Waals surface area contributed by atoms with Crippen LogP contribution in [0, 0.1) is 10.1 Å². The maximum atomic E-state index is 10.9. The molecule has 8 nitrogen and oxygen atoms in total. The predicted octanol–water partition coefficient (Wildman–Crippen LogP) is 0.517. The third-order valence-corrected chi connectivity index (χ3v) is 2.04. The molecule has 0 spiro atoms. The molecule has 88 valence electrons. The monoisotopic (exact) mass is 226 g/mol. The number of aromatic nitrogens is 2. The lowest BCUT2D eigenvalue weighted by Crippen LogP contribution is -2.22. The van der Waals surface area contributed by atoms with Crippen LogP contribution in [0.4, 0.5) is 17.3 Å². The third kappa shape index (κ3) is 2.34. The number of nitrogens with one attached hydrogen (secondary N) is 1. The second-order valence-electron chi connectivity index (χ2n) is 3.22. The van der Waals surface area contributed by atoms with Crippen molar-refractivity contribution < 1.29 is 4.92 Å². The average molecular weight is 226 g/mol. The molecule has 0 saturated carbocycles. The number of rotatable bonds is 5. The van der Waals surface area contributed by atoms with E-state index in [4.69, 9.17) is 5.84 Å². The van der Waals surface area contributed by atoms with Crippen molar-refractivity contribution in [2.75, 3.05) is 23.9 Å². The second kappa shape index (κ2) is 5.21. The minimum atomic E-state index is -0.545. The van der Waals surface area contributed by atoms with E-state index in [-0.39, 0.29) is 17.3 Å². The molecule has 0 aromatic carbocycles. The summed E-state index contributed by atoms with van der Waals surface area (Å²) in [5, 5.41) is 10.9. The summed E-state index contributed by atoms with van der Waals surface area (Å²) in [7, 11) is 1.74. The molecule has 1 heterocycles. The minimum Gasteiger partial charge on any atom is -0.354 e. The van der Waals surface area contributed by atoms with E-state index in [0.717, 1.165) is 6.42 Å². The number of nitrogens with zero attached hydrogens (tertiary/aromatic N) is 4. The van der Waals surface area contributed by atoms with Crippen LogP contribution in [0.1, 0.15) is 13.3 Å². The molecule has 0 saturated heterocycles. The molecular formula is C8H14N6O2. The molecular weight excluding hydrogens is 212 g/mol. The highest BCUT2D eigenvalue weighted by Gasteiger charge is 2.24. The normalized spacial score (nSPS) is 9.94. The highest BCUT2D eigenvalue weighted by molar-refractivity contribution is 5.69. The first kappa shape index (κ1) is 12.1. The Kier molecular flexibility index (Phi) is 3.95. The summed E-state index contributed by atoms with van der Waals surface area (Å²) in [6.07, 6.45) is 2.10. The van der Waals surface area contributed by atoms with Gasteiger partial charge in [0, 0.05) is 13.6 Å². The first-order chi connectivity index (χ1) is 7.61. The van der Waals surface area contributed by atoms with E-state index in [1.54, 1.807) is 11.9 Å². The molecule has 1 rings (SSSR count). The summed E-state index contributed by atoms with van der Waals surface area (Å²) >= 11 is 0. The number of nitrogens with two attached hydrogens (primary N) is 1. The Morgan fingerprint density at radius 3 is 2.81 bits per heavy atom. The van der Waals surface area contributed by atoms with E-state index < -0.39 is 4.92 Å². The second-order valence-corrected chi connectivity index (χ2v) is 3.22. The predicted molar refractivity (Wildman–Crippen MR) is 60.1 cm³/mol. The Hall–Kier alpha value is -1.96. The molecule has 0 unspecified atom stereocenters. The Bertz CT molecular complexity index is 383. The van der Waals surface area contributed by atoms with Crippen molar-refractivity contribution in [2.24, 2.45) is 5.84 Å². The highest BCUT2D eigenvalue weighted by atomic mass is 16.6. The summed E-state index contributed by atoms with van der Waals surface area (Å²) in [6.45, 7) is 2.65. The standard InChI is InChI=1S/C8H14N6O2/c1-3-4-13(2)8-6(14(15)16)7(12-9)10-5-11-8/h5H,3-4,9H2,1-2H3,(H,10,11,12). The summed E-state index contributed by atoms with van der Waals surface area (Å²) in [6, 6.07) is 0. The number of nitrogen functional groups attached to an aromatic ring is 1. The van der Waals surface area contributed by atoms with Gasteiger partial charge in [-0.15, -0.1) is 0 Å². The summed E-state index contributed by atoms with van der Waals surface area (Å²) in [5.41, 5.74) is 1.99. The van der Waals surface area contributed by atoms with Crippen LogP contribution in [-0.4, -0.2) is 28.5 Å². The fourth-order valence-electron chi connectivity index (χ4n) is 1.36. The van der Waals surface area contributed by atoms with Crippen molar-refractivity contribution in [3.8, 4) is 0 Å². The van der Waals surface area contributed by atoms with E-state index in [0.29, 0.717) is 6.54 Å². The van der Waals surface area contributed by atoms with Gasteiger partial charge in [0.1, 0.15) is 6.33 Å². The van der Waals surface area contributed by atoms with E-state index in [1.807, 2.05) is 6.92 Å². The number of nitro groups is 1. The molecule has 0 radical (unpaired) electrons. The number of hydrogen-bond acceptors (Lipinski definition) is 7. The van der Waals surface area contributed by atoms with E-state index in [2.05, 4.69) is 15.4 Å². The lowest BCUT2D eigenvalue weighted by Gasteiger charge is -2.17. The van der Waals surface area contributed by atoms with Crippen molar-refractivity contribution >= 4 is 17.3 Å². The van der Waals surface area contributed by atoms with E-state index >= 15 is 0 Å². The van der Waals surface area contributed by atoms with Crippen LogP contribution < -0.4 is 16.2 Å². The van der Waals surface area contributed by atoms with Crippen molar-refractivity contribution in [3.05, 3.63) is 16.4 Å². The van der Waals surface area contributed by atoms with Crippen molar-refractivity contribution in [2.45, 2.75) is 13.3 Å². The maximum Gasteiger partial charge on any atom is 0.354 e. The summed E-state index contributed by atoms with van der Waals surface area (Å²) in [4.78, 5) is 19.7. The zero-order valence-corrected chi connectivity index (χ0v) is 9.17. The largest absolute Gasteiger partial charge is 0.354 e. The van der Waals surface area contributed by atoms with Crippen LogP contribution in [0.25, 0.3) is 0 Å². The zero-order valence-electron chi connectivity index (χ0n) is 9.17. The number of anilines is 2. The Morgan fingerprint density at radius 1 is 1.62 bits per heavy atom. The molecule has 0 aliphatic heterocycles. The van der Waals surface area contributed by atoms with Crippen molar-refractivity contribution in [1.82, 2.24) is 9.97 Å². The molecule has 1 aromatic heterocycles. The lowest BCUT2D eigenvalue weighted by molar-refractivity contribution is -0.383. The third-order valence-electron chi connectivity index (χ3n) is 2.04. The van der Waals surface area contributed by atoms with Crippen LogP contribution in [-0.2, 0) is 0 Å². The first-order valence-corrected chi connectivity index (χ1v) is 4.79. The molecule has 8 heteroatoms. The molecule has 16 heavy (non-hydrogen) atoms.